The molecule has 1 aromatic carbocycles. The van der Waals surface area contributed by atoms with E-state index in [1.807, 2.05) is 0 Å². The van der Waals surface area contributed by atoms with Gasteiger partial charge in [0, 0.05) is 19.6 Å². The number of esters is 1. The molecule has 1 heterocycles. The number of nitrogens with zero attached hydrogens (tertiary/aromatic N) is 1. The first-order valence-corrected chi connectivity index (χ1v) is 9.27. The van der Waals surface area contributed by atoms with Gasteiger partial charge in [-0.2, -0.15) is 4.31 Å². The third-order valence-electron chi connectivity index (χ3n) is 4.21. The Morgan fingerprint density at radius 1 is 1.40 bits per heavy atom. The standard InChI is InChI=1S/C15H21F2N3O4S/c1-4-24-15(21)11-8-18-19-14(11)25(22,23)20(3)9(2)10-5-6-12(16)13(17)7-10/h5-7,9,11,14,18-19H,4,8H2,1-3H3. The number of nitrogens with one attached hydrogen (secondary N) is 2. The maximum absolute atomic E-state index is 13.4. The molecule has 0 amide bonds. The van der Waals surface area contributed by atoms with Crippen molar-refractivity contribution in [3.05, 3.63) is 35.4 Å². The molecule has 1 aliphatic heterocycles. The van der Waals surface area contributed by atoms with E-state index in [0.717, 1.165) is 16.4 Å². The number of sulfonamides is 1. The Kier molecular flexibility index (Phi) is 6.09. The molecule has 7 nitrogen and oxygen atoms in total. The van der Waals surface area contributed by atoms with E-state index in [1.54, 1.807) is 13.8 Å². The lowest BCUT2D eigenvalue weighted by Gasteiger charge is -2.29. The van der Waals surface area contributed by atoms with Gasteiger partial charge in [-0.3, -0.25) is 10.2 Å². The van der Waals surface area contributed by atoms with E-state index in [4.69, 9.17) is 4.74 Å². The van der Waals surface area contributed by atoms with Crippen molar-refractivity contribution in [3.8, 4) is 0 Å². The molecule has 2 rings (SSSR count). The summed E-state index contributed by atoms with van der Waals surface area (Å²) in [5.74, 6) is -3.60. The van der Waals surface area contributed by atoms with Gasteiger partial charge in [0.15, 0.2) is 17.0 Å². The van der Waals surface area contributed by atoms with Gasteiger partial charge in [-0.25, -0.2) is 22.6 Å². The summed E-state index contributed by atoms with van der Waals surface area (Å²) >= 11 is 0. The van der Waals surface area contributed by atoms with E-state index >= 15 is 0 Å². The third-order valence-corrected chi connectivity index (χ3v) is 6.42. The van der Waals surface area contributed by atoms with Crippen molar-refractivity contribution in [2.45, 2.75) is 25.3 Å². The molecular weight excluding hydrogens is 356 g/mol. The molecule has 0 spiro atoms. The molecule has 3 unspecified atom stereocenters. The monoisotopic (exact) mass is 377 g/mol. The van der Waals surface area contributed by atoms with E-state index in [0.29, 0.717) is 5.56 Å². The lowest BCUT2D eigenvalue weighted by atomic mass is 10.1. The predicted molar refractivity (Wildman–Crippen MR) is 86.5 cm³/mol. The lowest BCUT2D eigenvalue weighted by Crippen LogP contribution is -2.48. The number of hydrogen-bond donors (Lipinski definition) is 2. The van der Waals surface area contributed by atoms with Crippen molar-refractivity contribution in [2.75, 3.05) is 20.2 Å². The van der Waals surface area contributed by atoms with Gasteiger partial charge >= 0.3 is 5.97 Å². The Labute approximate surface area is 145 Å². The number of hydrogen-bond acceptors (Lipinski definition) is 6. The van der Waals surface area contributed by atoms with Gasteiger partial charge in [0.25, 0.3) is 0 Å². The number of ether oxygens (including phenoxy) is 1. The molecule has 3 atom stereocenters. The number of halogens is 2. The van der Waals surface area contributed by atoms with Crippen LogP contribution in [0.3, 0.4) is 0 Å². The Hall–Kier alpha value is -1.62. The average Bonchev–Trinajstić information content (AvgIpc) is 3.07. The van der Waals surface area contributed by atoms with Crippen LogP contribution in [0.15, 0.2) is 18.2 Å². The van der Waals surface area contributed by atoms with E-state index in [9.17, 15) is 22.0 Å². The quantitative estimate of drug-likeness (QED) is 0.717. The highest BCUT2D eigenvalue weighted by molar-refractivity contribution is 7.89. The number of rotatable bonds is 6. The SMILES string of the molecule is CCOC(=O)C1CNNC1S(=O)(=O)N(C)C(C)c1ccc(F)c(F)c1. The van der Waals surface area contributed by atoms with Crippen molar-refractivity contribution in [2.24, 2.45) is 5.92 Å². The van der Waals surface area contributed by atoms with Gasteiger partial charge in [0.05, 0.1) is 6.61 Å². The Bertz CT molecular complexity index is 744. The largest absolute Gasteiger partial charge is 0.466 e. The normalized spacial score (nSPS) is 22.2. The first-order chi connectivity index (χ1) is 11.7. The molecular formula is C15H21F2N3O4S. The van der Waals surface area contributed by atoms with Gasteiger partial charge in [0.2, 0.25) is 10.0 Å². The molecule has 1 aromatic rings. The second kappa shape index (κ2) is 7.73. The van der Waals surface area contributed by atoms with Crippen molar-refractivity contribution in [1.29, 1.82) is 0 Å². The summed E-state index contributed by atoms with van der Waals surface area (Å²) in [4.78, 5) is 12.0. The minimum absolute atomic E-state index is 0.107. The first kappa shape index (κ1) is 19.7. The highest BCUT2D eigenvalue weighted by Gasteiger charge is 2.45. The van der Waals surface area contributed by atoms with Gasteiger partial charge in [0.1, 0.15) is 5.92 Å². The van der Waals surface area contributed by atoms with Crippen molar-refractivity contribution in [1.82, 2.24) is 15.2 Å². The van der Waals surface area contributed by atoms with Gasteiger partial charge < -0.3 is 4.74 Å². The molecule has 1 saturated heterocycles. The smallest absolute Gasteiger partial charge is 0.313 e. The van der Waals surface area contributed by atoms with Crippen LogP contribution in [-0.4, -0.2) is 44.3 Å². The van der Waals surface area contributed by atoms with Gasteiger partial charge in [-0.05, 0) is 31.5 Å². The van der Waals surface area contributed by atoms with Crippen molar-refractivity contribution < 1.29 is 26.7 Å². The van der Waals surface area contributed by atoms with Crippen LogP contribution in [0.5, 0.6) is 0 Å². The molecule has 0 saturated carbocycles. The summed E-state index contributed by atoms with van der Waals surface area (Å²) in [7, 11) is -2.66. The van der Waals surface area contributed by atoms with Crippen molar-refractivity contribution >= 4 is 16.0 Å². The lowest BCUT2D eigenvalue weighted by molar-refractivity contribution is -0.147. The molecule has 0 aliphatic carbocycles. The first-order valence-electron chi connectivity index (χ1n) is 7.77. The molecule has 2 N–H and O–H groups in total. The molecule has 1 fully saturated rings. The summed E-state index contributed by atoms with van der Waals surface area (Å²) in [5, 5.41) is -1.22. The van der Waals surface area contributed by atoms with Crippen LogP contribution in [0.4, 0.5) is 8.78 Å². The Morgan fingerprint density at radius 2 is 2.08 bits per heavy atom. The summed E-state index contributed by atoms with van der Waals surface area (Å²) in [6.07, 6.45) is 0. The van der Waals surface area contributed by atoms with Crippen molar-refractivity contribution in [3.63, 3.8) is 0 Å². The van der Waals surface area contributed by atoms with Crippen LogP contribution in [0, 0.1) is 17.6 Å². The van der Waals surface area contributed by atoms with Crippen LogP contribution in [0.2, 0.25) is 0 Å². The van der Waals surface area contributed by atoms with E-state index in [1.165, 1.54) is 13.1 Å². The van der Waals surface area contributed by atoms with Gasteiger partial charge in [-0.1, -0.05) is 6.07 Å². The minimum atomic E-state index is -3.98. The van der Waals surface area contributed by atoms with Crippen LogP contribution >= 0.6 is 0 Å². The number of carbonyl (C=O) groups is 1. The summed E-state index contributed by atoms with van der Waals surface area (Å²) in [6.45, 7) is 3.43. The van der Waals surface area contributed by atoms with Crippen LogP contribution in [0.25, 0.3) is 0 Å². The predicted octanol–water partition coefficient (Wildman–Crippen LogP) is 0.901. The van der Waals surface area contributed by atoms with Crippen LogP contribution in [-0.2, 0) is 19.6 Å². The molecule has 0 bridgehead atoms. The maximum atomic E-state index is 13.4. The Balaban J connectivity index is 2.25. The molecule has 140 valence electrons. The molecule has 10 heteroatoms. The Morgan fingerprint density at radius 3 is 2.68 bits per heavy atom. The van der Waals surface area contributed by atoms with E-state index < -0.39 is 45.0 Å². The maximum Gasteiger partial charge on any atom is 0.313 e. The van der Waals surface area contributed by atoms with Gasteiger partial charge in [-0.15, -0.1) is 0 Å². The third kappa shape index (κ3) is 3.97. The molecule has 1 aliphatic rings. The second-order valence-electron chi connectivity index (χ2n) is 5.72. The zero-order valence-corrected chi connectivity index (χ0v) is 14.9. The number of benzene rings is 1. The topological polar surface area (TPSA) is 87.7 Å². The van der Waals surface area contributed by atoms with E-state index in [-0.39, 0.29) is 13.2 Å². The molecule has 0 aromatic heterocycles. The second-order valence-corrected chi connectivity index (χ2v) is 7.83. The fourth-order valence-corrected chi connectivity index (χ4v) is 4.37. The minimum Gasteiger partial charge on any atom is -0.466 e. The highest BCUT2D eigenvalue weighted by Crippen LogP contribution is 2.27. The zero-order valence-electron chi connectivity index (χ0n) is 14.1. The van der Waals surface area contributed by atoms with E-state index in [2.05, 4.69) is 10.9 Å². The fraction of sp³-hybridized carbons (Fsp3) is 0.533. The average molecular weight is 377 g/mol. The number of carbonyl (C=O) groups excluding carboxylic acids is 1. The van der Waals surface area contributed by atoms with Crippen LogP contribution < -0.4 is 10.9 Å². The van der Waals surface area contributed by atoms with Crippen LogP contribution in [0.1, 0.15) is 25.5 Å². The molecule has 25 heavy (non-hydrogen) atoms. The summed E-state index contributed by atoms with van der Waals surface area (Å²) in [5.41, 5.74) is 5.53. The fourth-order valence-electron chi connectivity index (χ4n) is 2.60. The highest BCUT2D eigenvalue weighted by atomic mass is 32.2. The summed E-state index contributed by atoms with van der Waals surface area (Å²) in [6, 6.07) is 2.46. The summed E-state index contributed by atoms with van der Waals surface area (Å²) < 4.78 is 58.2. The molecule has 0 radical (unpaired) electrons. The number of hydrazine groups is 1. The zero-order chi connectivity index (χ0) is 18.8.